The number of halogens is 3. The van der Waals surface area contributed by atoms with Crippen LogP contribution in [0.15, 0.2) is 18.5 Å². The predicted octanol–water partition coefficient (Wildman–Crippen LogP) is 0.994. The quantitative estimate of drug-likeness (QED) is 0.751. The maximum Gasteiger partial charge on any atom is 0.451 e. The first-order valence-electron chi connectivity index (χ1n) is 3.76. The van der Waals surface area contributed by atoms with Gasteiger partial charge in [-0.25, -0.2) is 9.97 Å². The van der Waals surface area contributed by atoms with Gasteiger partial charge < -0.3 is 5.73 Å². The molecule has 1 amide bonds. The third-order valence-corrected chi connectivity index (χ3v) is 1.37. The number of carbonyl (C=O) groups excluding carboxylic acids is 1. The van der Waals surface area contributed by atoms with Gasteiger partial charge in [0.25, 0.3) is 0 Å². The maximum absolute atomic E-state index is 12.0. The van der Waals surface area contributed by atoms with Crippen molar-refractivity contribution in [3.8, 4) is 0 Å². The van der Waals surface area contributed by atoms with Gasteiger partial charge in [0, 0.05) is 24.0 Å². The van der Waals surface area contributed by atoms with E-state index in [1.807, 2.05) is 0 Å². The van der Waals surface area contributed by atoms with Crippen molar-refractivity contribution in [3.05, 3.63) is 29.9 Å². The first kappa shape index (κ1) is 11.2. The average molecular weight is 217 g/mol. The zero-order valence-corrected chi connectivity index (χ0v) is 7.32. The molecule has 0 aromatic carbocycles. The molecule has 1 aromatic rings. The second kappa shape index (κ2) is 4.07. The summed E-state index contributed by atoms with van der Waals surface area (Å²) in [4.78, 5) is 16.5. The van der Waals surface area contributed by atoms with Crippen LogP contribution >= 0.6 is 0 Å². The number of nitrogens with two attached hydrogens (primary N) is 1. The SMILES string of the molecule is NC(=O)/C=C/c1cnc(C(F)(F)F)nc1. The van der Waals surface area contributed by atoms with E-state index >= 15 is 0 Å². The molecule has 2 N–H and O–H groups in total. The molecule has 0 spiro atoms. The van der Waals surface area contributed by atoms with Crippen LogP contribution in [-0.4, -0.2) is 15.9 Å². The highest BCUT2D eigenvalue weighted by Gasteiger charge is 2.34. The van der Waals surface area contributed by atoms with Crippen LogP contribution in [0.25, 0.3) is 6.08 Å². The van der Waals surface area contributed by atoms with E-state index in [0.29, 0.717) is 0 Å². The van der Waals surface area contributed by atoms with E-state index in [0.717, 1.165) is 18.5 Å². The highest BCUT2D eigenvalue weighted by Crippen LogP contribution is 2.25. The molecule has 0 aliphatic heterocycles. The summed E-state index contributed by atoms with van der Waals surface area (Å²) in [5, 5.41) is 0. The number of rotatable bonds is 2. The van der Waals surface area contributed by atoms with Crippen molar-refractivity contribution in [2.45, 2.75) is 6.18 Å². The van der Waals surface area contributed by atoms with Crippen molar-refractivity contribution in [1.82, 2.24) is 9.97 Å². The largest absolute Gasteiger partial charge is 0.451 e. The molecule has 0 atom stereocenters. The third-order valence-electron chi connectivity index (χ3n) is 1.37. The summed E-state index contributed by atoms with van der Waals surface area (Å²) in [6.07, 6.45) is -0.426. The summed E-state index contributed by atoms with van der Waals surface area (Å²) in [7, 11) is 0. The minimum absolute atomic E-state index is 0.266. The van der Waals surface area contributed by atoms with Gasteiger partial charge in [0.15, 0.2) is 0 Å². The Morgan fingerprint density at radius 3 is 2.27 bits per heavy atom. The van der Waals surface area contributed by atoms with Crippen molar-refractivity contribution >= 4 is 12.0 Å². The summed E-state index contributed by atoms with van der Waals surface area (Å²) >= 11 is 0. The van der Waals surface area contributed by atoms with Gasteiger partial charge in [-0.15, -0.1) is 0 Å². The molecule has 0 aliphatic rings. The first-order valence-corrected chi connectivity index (χ1v) is 3.76. The molecule has 4 nitrogen and oxygen atoms in total. The lowest BCUT2D eigenvalue weighted by Crippen LogP contribution is -2.10. The highest BCUT2D eigenvalue weighted by atomic mass is 19.4. The number of nitrogens with zero attached hydrogens (tertiary/aromatic N) is 2. The molecule has 0 radical (unpaired) electrons. The smallest absolute Gasteiger partial charge is 0.366 e. The molecule has 0 saturated heterocycles. The summed E-state index contributed by atoms with van der Waals surface area (Å²) in [5.74, 6) is -1.92. The second-order valence-corrected chi connectivity index (χ2v) is 2.57. The van der Waals surface area contributed by atoms with E-state index in [9.17, 15) is 18.0 Å². The van der Waals surface area contributed by atoms with E-state index in [1.165, 1.54) is 6.08 Å². The fourth-order valence-electron chi connectivity index (χ4n) is 0.749. The van der Waals surface area contributed by atoms with Crippen LogP contribution in [0.5, 0.6) is 0 Å². The minimum atomic E-state index is -4.56. The maximum atomic E-state index is 12.0. The van der Waals surface area contributed by atoms with Crippen LogP contribution in [0, 0.1) is 0 Å². The van der Waals surface area contributed by atoms with E-state index in [4.69, 9.17) is 5.73 Å². The van der Waals surface area contributed by atoms with Crippen LogP contribution in [0.3, 0.4) is 0 Å². The van der Waals surface area contributed by atoms with Gasteiger partial charge in [-0.3, -0.25) is 4.79 Å². The molecule has 0 unspecified atom stereocenters. The van der Waals surface area contributed by atoms with Crippen LogP contribution in [0.2, 0.25) is 0 Å². The van der Waals surface area contributed by atoms with Crippen molar-refractivity contribution in [3.63, 3.8) is 0 Å². The predicted molar refractivity (Wildman–Crippen MR) is 45.3 cm³/mol. The summed E-state index contributed by atoms with van der Waals surface area (Å²) in [5.41, 5.74) is 5.06. The van der Waals surface area contributed by atoms with Crippen LogP contribution in [0.1, 0.15) is 11.4 Å². The fraction of sp³-hybridized carbons (Fsp3) is 0.125. The average Bonchev–Trinajstić information content (AvgIpc) is 2.14. The molecule has 80 valence electrons. The summed E-state index contributed by atoms with van der Waals surface area (Å²) < 4.78 is 36.0. The zero-order chi connectivity index (χ0) is 11.5. The van der Waals surface area contributed by atoms with Gasteiger partial charge in [0.2, 0.25) is 11.7 Å². The molecular weight excluding hydrogens is 211 g/mol. The lowest BCUT2D eigenvalue weighted by molar-refractivity contribution is -0.145. The van der Waals surface area contributed by atoms with Gasteiger partial charge in [-0.2, -0.15) is 13.2 Å². The van der Waals surface area contributed by atoms with Crippen LogP contribution in [0.4, 0.5) is 13.2 Å². The van der Waals surface area contributed by atoms with E-state index in [-0.39, 0.29) is 5.56 Å². The third kappa shape index (κ3) is 3.37. The molecule has 1 rings (SSSR count). The molecule has 0 saturated carbocycles. The second-order valence-electron chi connectivity index (χ2n) is 2.57. The fourth-order valence-corrected chi connectivity index (χ4v) is 0.749. The molecule has 0 aliphatic carbocycles. The Labute approximate surface area is 82.6 Å². The lowest BCUT2D eigenvalue weighted by Gasteiger charge is -2.03. The van der Waals surface area contributed by atoms with Gasteiger partial charge in [-0.05, 0) is 6.08 Å². The summed E-state index contributed by atoms with van der Waals surface area (Å²) in [6, 6.07) is 0. The Kier molecular flexibility index (Phi) is 3.03. The lowest BCUT2D eigenvalue weighted by atomic mass is 10.3. The number of amides is 1. The van der Waals surface area contributed by atoms with E-state index < -0.39 is 17.9 Å². The molecular formula is C8H6F3N3O. The number of primary amides is 1. The molecule has 7 heteroatoms. The Morgan fingerprint density at radius 2 is 1.87 bits per heavy atom. The van der Waals surface area contributed by atoms with Gasteiger partial charge in [0.05, 0.1) is 0 Å². The Hall–Kier alpha value is -1.92. The highest BCUT2D eigenvalue weighted by molar-refractivity contribution is 5.90. The molecule has 0 bridgehead atoms. The molecule has 15 heavy (non-hydrogen) atoms. The number of carbonyl (C=O) groups is 1. The molecule has 1 heterocycles. The first-order chi connectivity index (χ1) is 6.89. The number of hydrogen-bond donors (Lipinski definition) is 1. The topological polar surface area (TPSA) is 68.9 Å². The summed E-state index contributed by atoms with van der Waals surface area (Å²) in [6.45, 7) is 0. The van der Waals surface area contributed by atoms with Gasteiger partial charge >= 0.3 is 6.18 Å². The standard InChI is InChI=1S/C8H6F3N3O/c9-8(10,11)7-13-3-5(4-14-7)1-2-6(12)15/h1-4H,(H2,12,15)/b2-1+. The van der Waals surface area contributed by atoms with E-state index in [1.54, 1.807) is 0 Å². The Morgan fingerprint density at radius 1 is 1.33 bits per heavy atom. The van der Waals surface area contributed by atoms with E-state index in [2.05, 4.69) is 9.97 Å². The number of hydrogen-bond acceptors (Lipinski definition) is 3. The number of alkyl halides is 3. The van der Waals surface area contributed by atoms with Crippen molar-refractivity contribution in [2.75, 3.05) is 0 Å². The molecule has 1 aromatic heterocycles. The zero-order valence-electron chi connectivity index (χ0n) is 7.32. The van der Waals surface area contributed by atoms with Gasteiger partial charge in [0.1, 0.15) is 0 Å². The van der Waals surface area contributed by atoms with Crippen molar-refractivity contribution in [2.24, 2.45) is 5.73 Å². The Balaban J connectivity index is 2.86. The van der Waals surface area contributed by atoms with Crippen LogP contribution in [-0.2, 0) is 11.0 Å². The minimum Gasteiger partial charge on any atom is -0.366 e. The monoisotopic (exact) mass is 217 g/mol. The Bertz CT molecular complexity index is 383. The number of aromatic nitrogens is 2. The normalized spacial score (nSPS) is 11.9. The van der Waals surface area contributed by atoms with Crippen LogP contribution < -0.4 is 5.73 Å². The molecule has 0 fully saturated rings. The van der Waals surface area contributed by atoms with Crippen molar-refractivity contribution < 1.29 is 18.0 Å². The van der Waals surface area contributed by atoms with Gasteiger partial charge in [-0.1, -0.05) is 0 Å². The van der Waals surface area contributed by atoms with Crippen molar-refractivity contribution in [1.29, 1.82) is 0 Å².